The number of nitrogens with zero attached hydrogens (tertiary/aromatic N) is 2. The predicted molar refractivity (Wildman–Crippen MR) is 79.4 cm³/mol. The highest BCUT2D eigenvalue weighted by Gasteiger charge is 2.21. The summed E-state index contributed by atoms with van der Waals surface area (Å²) in [5.74, 6) is 0.617. The summed E-state index contributed by atoms with van der Waals surface area (Å²) in [6.07, 6.45) is 2.45. The minimum absolute atomic E-state index is 0.617. The first kappa shape index (κ1) is 13.2. The number of para-hydroxylation sites is 2. The zero-order valence-electron chi connectivity index (χ0n) is 11.6. The maximum atomic E-state index is 5.89. The van der Waals surface area contributed by atoms with E-state index in [1.165, 1.54) is 24.2 Å². The first-order valence-corrected chi connectivity index (χ1v) is 7.01. The zero-order chi connectivity index (χ0) is 13.0. The van der Waals surface area contributed by atoms with Crippen molar-refractivity contribution in [1.82, 2.24) is 0 Å². The molecular formula is C15H25N3. The third-order valence-electron chi connectivity index (χ3n) is 3.85. The predicted octanol–water partition coefficient (Wildman–Crippen LogP) is 2.32. The number of hydrogen-bond acceptors (Lipinski definition) is 3. The van der Waals surface area contributed by atoms with Crippen LogP contribution in [0, 0.1) is 5.92 Å². The third-order valence-corrected chi connectivity index (χ3v) is 3.85. The molecule has 0 aliphatic carbocycles. The molecule has 1 aromatic rings. The smallest absolute Gasteiger partial charge is 0.0604 e. The highest BCUT2D eigenvalue weighted by Crippen LogP contribution is 2.32. The normalized spacial score (nSPS) is 16.6. The van der Waals surface area contributed by atoms with Gasteiger partial charge in [0.05, 0.1) is 11.4 Å². The summed E-state index contributed by atoms with van der Waals surface area (Å²) in [6, 6.07) is 8.68. The number of benzene rings is 1. The number of nitrogens with two attached hydrogens (primary N) is 1. The molecule has 100 valence electrons. The Kier molecular flexibility index (Phi) is 4.48. The molecule has 0 saturated heterocycles. The zero-order valence-corrected chi connectivity index (χ0v) is 11.6. The molecule has 2 N–H and O–H groups in total. The molecule has 3 heteroatoms. The molecule has 0 bridgehead atoms. The lowest BCUT2D eigenvalue weighted by Gasteiger charge is -2.38. The van der Waals surface area contributed by atoms with Crippen molar-refractivity contribution in [3.05, 3.63) is 24.3 Å². The average molecular weight is 247 g/mol. The Morgan fingerprint density at radius 3 is 2.61 bits per heavy atom. The van der Waals surface area contributed by atoms with E-state index >= 15 is 0 Å². The molecule has 1 atom stereocenters. The van der Waals surface area contributed by atoms with Crippen LogP contribution in [0.15, 0.2) is 24.3 Å². The second kappa shape index (κ2) is 6.10. The molecule has 1 aromatic carbocycles. The van der Waals surface area contributed by atoms with E-state index in [1.54, 1.807) is 0 Å². The van der Waals surface area contributed by atoms with Crippen molar-refractivity contribution >= 4 is 11.4 Å². The van der Waals surface area contributed by atoms with E-state index in [1.807, 2.05) is 0 Å². The van der Waals surface area contributed by atoms with Gasteiger partial charge in [-0.1, -0.05) is 25.5 Å². The van der Waals surface area contributed by atoms with E-state index in [4.69, 9.17) is 5.73 Å². The lowest BCUT2D eigenvalue weighted by molar-refractivity contribution is 0.478. The quantitative estimate of drug-likeness (QED) is 0.866. The van der Waals surface area contributed by atoms with E-state index in [-0.39, 0.29) is 0 Å². The van der Waals surface area contributed by atoms with E-state index in [2.05, 4.69) is 48.0 Å². The molecule has 1 heterocycles. The fraction of sp³-hybridized carbons (Fsp3) is 0.600. The first-order valence-electron chi connectivity index (χ1n) is 7.01. The first-order chi connectivity index (χ1) is 8.76. The van der Waals surface area contributed by atoms with Crippen molar-refractivity contribution in [3.63, 3.8) is 0 Å². The standard InChI is InChI=1S/C15H25N3/c1-3-6-13(11-16)12-18-10-9-17(2)14-7-4-5-8-15(14)18/h4-5,7-8,13H,3,6,9-12,16H2,1-2H3. The SMILES string of the molecule is CCCC(CN)CN1CCN(C)c2ccccc21. The molecule has 18 heavy (non-hydrogen) atoms. The van der Waals surface area contributed by atoms with Crippen LogP contribution in [0.5, 0.6) is 0 Å². The van der Waals surface area contributed by atoms with Crippen molar-refractivity contribution < 1.29 is 0 Å². The van der Waals surface area contributed by atoms with Gasteiger partial charge in [-0.3, -0.25) is 0 Å². The second-order valence-electron chi connectivity index (χ2n) is 5.25. The van der Waals surface area contributed by atoms with Crippen LogP contribution in [0.3, 0.4) is 0 Å². The van der Waals surface area contributed by atoms with Gasteiger partial charge in [0.25, 0.3) is 0 Å². The van der Waals surface area contributed by atoms with Crippen LogP contribution in [-0.2, 0) is 0 Å². The van der Waals surface area contributed by atoms with Gasteiger partial charge >= 0.3 is 0 Å². The average Bonchev–Trinajstić information content (AvgIpc) is 2.41. The Labute approximate surface area is 111 Å². The maximum Gasteiger partial charge on any atom is 0.0604 e. The molecular weight excluding hydrogens is 222 g/mol. The van der Waals surface area contributed by atoms with E-state index in [0.717, 1.165) is 26.2 Å². The molecule has 1 aliphatic heterocycles. The summed E-state index contributed by atoms with van der Waals surface area (Å²) in [4.78, 5) is 4.84. The van der Waals surface area contributed by atoms with Crippen molar-refractivity contribution in [2.75, 3.05) is 43.0 Å². The highest BCUT2D eigenvalue weighted by molar-refractivity contribution is 5.73. The van der Waals surface area contributed by atoms with Gasteiger partial charge in [-0.15, -0.1) is 0 Å². The number of anilines is 2. The van der Waals surface area contributed by atoms with E-state index in [0.29, 0.717) is 5.92 Å². The van der Waals surface area contributed by atoms with Crippen molar-refractivity contribution in [2.45, 2.75) is 19.8 Å². The fourth-order valence-corrected chi connectivity index (χ4v) is 2.76. The van der Waals surface area contributed by atoms with Gasteiger partial charge in [-0.2, -0.15) is 0 Å². The molecule has 1 aliphatic rings. The van der Waals surface area contributed by atoms with Crippen LogP contribution in [0.2, 0.25) is 0 Å². The summed E-state index contributed by atoms with van der Waals surface area (Å²) < 4.78 is 0. The summed E-state index contributed by atoms with van der Waals surface area (Å²) in [6.45, 7) is 6.33. The largest absolute Gasteiger partial charge is 0.371 e. The number of hydrogen-bond donors (Lipinski definition) is 1. The second-order valence-corrected chi connectivity index (χ2v) is 5.25. The van der Waals surface area contributed by atoms with Gasteiger partial charge in [0.1, 0.15) is 0 Å². The van der Waals surface area contributed by atoms with Gasteiger partial charge < -0.3 is 15.5 Å². The van der Waals surface area contributed by atoms with Crippen LogP contribution in [-0.4, -0.2) is 33.2 Å². The van der Waals surface area contributed by atoms with Crippen molar-refractivity contribution in [2.24, 2.45) is 11.7 Å². The molecule has 0 amide bonds. The Morgan fingerprint density at radius 2 is 1.94 bits per heavy atom. The summed E-state index contributed by atoms with van der Waals surface area (Å²) in [5.41, 5.74) is 8.59. The van der Waals surface area contributed by atoms with Gasteiger partial charge in [0.15, 0.2) is 0 Å². The number of rotatable bonds is 5. The van der Waals surface area contributed by atoms with Crippen molar-refractivity contribution in [1.29, 1.82) is 0 Å². The number of likely N-dealkylation sites (N-methyl/N-ethyl adjacent to an activating group) is 1. The summed E-state index contributed by atoms with van der Waals surface area (Å²) in [7, 11) is 2.17. The van der Waals surface area contributed by atoms with Crippen LogP contribution in [0.25, 0.3) is 0 Å². The Morgan fingerprint density at radius 1 is 1.22 bits per heavy atom. The molecule has 0 aromatic heterocycles. The van der Waals surface area contributed by atoms with E-state index < -0.39 is 0 Å². The topological polar surface area (TPSA) is 32.5 Å². The molecule has 0 spiro atoms. The molecule has 1 unspecified atom stereocenters. The Hall–Kier alpha value is -1.22. The van der Waals surface area contributed by atoms with Crippen LogP contribution >= 0.6 is 0 Å². The summed E-state index contributed by atoms with van der Waals surface area (Å²) >= 11 is 0. The summed E-state index contributed by atoms with van der Waals surface area (Å²) in [5, 5.41) is 0. The monoisotopic (exact) mass is 247 g/mol. The molecule has 2 rings (SSSR count). The molecule has 0 fully saturated rings. The van der Waals surface area contributed by atoms with Crippen LogP contribution < -0.4 is 15.5 Å². The maximum absolute atomic E-state index is 5.89. The van der Waals surface area contributed by atoms with Crippen LogP contribution in [0.4, 0.5) is 11.4 Å². The minimum atomic E-state index is 0.617. The Balaban J connectivity index is 2.13. The lowest BCUT2D eigenvalue weighted by atomic mass is 10.0. The van der Waals surface area contributed by atoms with Crippen molar-refractivity contribution in [3.8, 4) is 0 Å². The molecule has 3 nitrogen and oxygen atoms in total. The molecule has 0 radical (unpaired) electrons. The fourth-order valence-electron chi connectivity index (χ4n) is 2.76. The highest BCUT2D eigenvalue weighted by atomic mass is 15.2. The Bertz CT molecular complexity index is 378. The van der Waals surface area contributed by atoms with E-state index in [9.17, 15) is 0 Å². The van der Waals surface area contributed by atoms with Gasteiger partial charge in [-0.25, -0.2) is 0 Å². The van der Waals surface area contributed by atoms with Gasteiger partial charge in [-0.05, 0) is 31.0 Å². The van der Waals surface area contributed by atoms with Gasteiger partial charge in [0, 0.05) is 26.7 Å². The minimum Gasteiger partial charge on any atom is -0.371 e. The van der Waals surface area contributed by atoms with Crippen LogP contribution in [0.1, 0.15) is 19.8 Å². The lowest BCUT2D eigenvalue weighted by Crippen LogP contribution is -2.42. The van der Waals surface area contributed by atoms with Gasteiger partial charge in [0.2, 0.25) is 0 Å². The molecule has 0 saturated carbocycles. The number of fused-ring (bicyclic) bond motifs is 1. The third kappa shape index (κ3) is 2.78.